The van der Waals surface area contributed by atoms with Crippen molar-refractivity contribution in [2.75, 3.05) is 49.6 Å². The number of ether oxygens (including phenoxy) is 1. The topological polar surface area (TPSA) is 122 Å². The number of hydrogen-bond acceptors (Lipinski definition) is 7. The van der Waals surface area contributed by atoms with Crippen molar-refractivity contribution in [3.8, 4) is 0 Å². The number of benzene rings is 2. The zero-order valence-corrected chi connectivity index (χ0v) is 19.7. The second kappa shape index (κ2) is 10.3. The minimum Gasteiger partial charge on any atom is -0.378 e. The average Bonchev–Trinajstić information content (AvgIpc) is 2.81. The van der Waals surface area contributed by atoms with Gasteiger partial charge in [-0.3, -0.25) is 14.9 Å². The Morgan fingerprint density at radius 2 is 1.82 bits per heavy atom. The molecule has 0 saturated carbocycles. The lowest BCUT2D eigenvalue weighted by atomic mass is 10.1. The lowest BCUT2D eigenvalue weighted by Gasteiger charge is -2.30. The molecule has 2 aromatic carbocycles. The quantitative estimate of drug-likeness (QED) is 0.459. The highest BCUT2D eigenvalue weighted by Gasteiger charge is 2.26. The van der Waals surface area contributed by atoms with E-state index in [9.17, 15) is 23.3 Å². The van der Waals surface area contributed by atoms with Crippen LogP contribution in [0.5, 0.6) is 0 Å². The third-order valence-electron chi connectivity index (χ3n) is 5.57. The van der Waals surface area contributed by atoms with E-state index in [0.717, 1.165) is 0 Å². The first kappa shape index (κ1) is 24.6. The van der Waals surface area contributed by atoms with Crippen LogP contribution in [0.2, 0.25) is 0 Å². The fraction of sp³-hybridized carbons (Fsp3) is 0.409. The van der Waals surface area contributed by atoms with E-state index in [4.69, 9.17) is 4.74 Å². The summed E-state index contributed by atoms with van der Waals surface area (Å²) in [5.74, 6) is -0.550. The Kier molecular flexibility index (Phi) is 7.67. The van der Waals surface area contributed by atoms with Crippen LogP contribution >= 0.6 is 0 Å². The van der Waals surface area contributed by atoms with Crippen molar-refractivity contribution < 1.29 is 22.9 Å². The van der Waals surface area contributed by atoms with Crippen molar-refractivity contribution in [3.05, 3.63) is 57.6 Å². The van der Waals surface area contributed by atoms with Gasteiger partial charge >= 0.3 is 0 Å². The van der Waals surface area contributed by atoms with Gasteiger partial charge in [-0.1, -0.05) is 19.9 Å². The summed E-state index contributed by atoms with van der Waals surface area (Å²) < 4.78 is 32.8. The minimum atomic E-state index is -3.78. The number of amides is 1. The molecule has 1 saturated heterocycles. The Balaban J connectivity index is 2.04. The third-order valence-corrected chi connectivity index (χ3v) is 7.62. The zero-order chi connectivity index (χ0) is 24.2. The van der Waals surface area contributed by atoms with Crippen molar-refractivity contribution in [2.45, 2.75) is 25.7 Å². The maximum Gasteiger partial charge on any atom is 0.274 e. The first-order valence-corrected chi connectivity index (χ1v) is 12.2. The number of nitro benzene ring substituents is 1. The summed E-state index contributed by atoms with van der Waals surface area (Å²) in [6, 6.07) is 8.93. The van der Waals surface area contributed by atoms with E-state index in [1.165, 1.54) is 22.5 Å². The highest BCUT2D eigenvalue weighted by Crippen LogP contribution is 2.29. The number of nitrogens with zero attached hydrogens (tertiary/aromatic N) is 3. The van der Waals surface area contributed by atoms with Gasteiger partial charge < -0.3 is 15.0 Å². The van der Waals surface area contributed by atoms with Crippen LogP contribution in [0.15, 0.2) is 41.3 Å². The molecule has 0 aromatic heterocycles. The number of aryl methyl sites for hydroxylation is 1. The van der Waals surface area contributed by atoms with Gasteiger partial charge in [-0.25, -0.2) is 8.42 Å². The molecule has 0 radical (unpaired) electrons. The van der Waals surface area contributed by atoms with Gasteiger partial charge in [-0.05, 0) is 31.2 Å². The molecule has 0 atom stereocenters. The van der Waals surface area contributed by atoms with Crippen LogP contribution in [0.3, 0.4) is 0 Å². The smallest absolute Gasteiger partial charge is 0.274 e. The maximum absolute atomic E-state index is 13.3. The highest BCUT2D eigenvalue weighted by atomic mass is 32.2. The zero-order valence-electron chi connectivity index (χ0n) is 18.9. The molecule has 1 N–H and O–H groups in total. The highest BCUT2D eigenvalue weighted by molar-refractivity contribution is 7.89. The van der Waals surface area contributed by atoms with E-state index < -0.39 is 20.9 Å². The predicted molar refractivity (Wildman–Crippen MR) is 125 cm³/mol. The Morgan fingerprint density at radius 3 is 2.42 bits per heavy atom. The molecule has 1 heterocycles. The third kappa shape index (κ3) is 5.32. The number of nitro groups is 1. The van der Waals surface area contributed by atoms with Gasteiger partial charge in [-0.2, -0.15) is 4.31 Å². The van der Waals surface area contributed by atoms with E-state index in [2.05, 4.69) is 5.32 Å². The van der Waals surface area contributed by atoms with Gasteiger partial charge in [-0.15, -0.1) is 0 Å². The van der Waals surface area contributed by atoms with Crippen molar-refractivity contribution >= 4 is 33.0 Å². The molecule has 0 spiro atoms. The van der Waals surface area contributed by atoms with Gasteiger partial charge in [0.15, 0.2) is 0 Å². The Morgan fingerprint density at radius 1 is 1.15 bits per heavy atom. The lowest BCUT2D eigenvalue weighted by molar-refractivity contribution is -0.385. The fourth-order valence-electron chi connectivity index (χ4n) is 3.73. The first-order valence-electron chi connectivity index (χ1n) is 10.7. The number of sulfonamides is 1. The Labute approximate surface area is 193 Å². The van der Waals surface area contributed by atoms with Crippen molar-refractivity contribution in [1.29, 1.82) is 0 Å². The minimum absolute atomic E-state index is 0.0169. The maximum atomic E-state index is 13.3. The summed E-state index contributed by atoms with van der Waals surface area (Å²) in [6.07, 6.45) is 0. The normalized spacial score (nSPS) is 14.4. The van der Waals surface area contributed by atoms with Crippen LogP contribution in [-0.4, -0.2) is 62.9 Å². The number of hydrogen-bond donors (Lipinski definition) is 1. The summed E-state index contributed by atoms with van der Waals surface area (Å²) in [5, 5.41) is 14.0. The SMILES string of the molecule is CCN(CC)S(=O)(=O)c1ccc(N2CCOCC2)c(C(=O)Nc2ccc(C)c([N+](=O)[O-])c2)c1. The van der Waals surface area contributed by atoms with Crippen molar-refractivity contribution in [2.24, 2.45) is 0 Å². The molecule has 3 rings (SSSR count). The monoisotopic (exact) mass is 476 g/mol. The Hall–Kier alpha value is -3.02. The van der Waals surface area contributed by atoms with Crippen LogP contribution in [0.1, 0.15) is 29.8 Å². The largest absolute Gasteiger partial charge is 0.378 e. The number of nitrogens with one attached hydrogen (secondary N) is 1. The van der Waals surface area contributed by atoms with Crippen LogP contribution in [0.25, 0.3) is 0 Å². The molecule has 2 aromatic rings. The predicted octanol–water partition coefficient (Wildman–Crippen LogP) is 3.02. The molecule has 0 bridgehead atoms. The van der Waals surface area contributed by atoms with Gasteiger partial charge in [0.1, 0.15) is 0 Å². The molecule has 1 aliphatic rings. The van der Waals surface area contributed by atoms with Crippen molar-refractivity contribution in [3.63, 3.8) is 0 Å². The number of carbonyl (C=O) groups is 1. The van der Waals surface area contributed by atoms with Crippen LogP contribution in [0, 0.1) is 17.0 Å². The standard InChI is InChI=1S/C22H28N4O6S/c1-4-25(5-2)33(30,31)18-8-9-20(24-10-12-32-13-11-24)19(15-18)22(27)23-17-7-6-16(3)21(14-17)26(28)29/h6-9,14-15H,4-5,10-13H2,1-3H3,(H,23,27). The summed E-state index contributed by atoms with van der Waals surface area (Å²) >= 11 is 0. The average molecular weight is 477 g/mol. The van der Waals surface area contributed by atoms with E-state index in [1.807, 2.05) is 4.90 Å². The van der Waals surface area contributed by atoms with Gasteiger partial charge in [0.25, 0.3) is 11.6 Å². The second-order valence-electron chi connectivity index (χ2n) is 7.58. The van der Waals surface area contributed by atoms with Crippen LogP contribution in [0.4, 0.5) is 17.1 Å². The second-order valence-corrected chi connectivity index (χ2v) is 9.52. The van der Waals surface area contributed by atoms with Crippen molar-refractivity contribution in [1.82, 2.24) is 4.31 Å². The fourth-order valence-corrected chi connectivity index (χ4v) is 5.22. The summed E-state index contributed by atoms with van der Waals surface area (Å²) in [5.41, 5.74) is 1.37. The van der Waals surface area contributed by atoms with Crippen LogP contribution in [-0.2, 0) is 14.8 Å². The number of carbonyl (C=O) groups excluding carboxylic acids is 1. The summed E-state index contributed by atoms with van der Waals surface area (Å²) in [6.45, 7) is 7.81. The van der Waals surface area contributed by atoms with Gasteiger partial charge in [0, 0.05) is 49.2 Å². The molecule has 0 aliphatic carbocycles. The first-order chi connectivity index (χ1) is 15.7. The lowest BCUT2D eigenvalue weighted by Crippen LogP contribution is -2.37. The summed E-state index contributed by atoms with van der Waals surface area (Å²) in [4.78, 5) is 26.0. The van der Waals surface area contributed by atoms with Gasteiger partial charge in [0.05, 0.1) is 28.6 Å². The van der Waals surface area contributed by atoms with E-state index in [1.54, 1.807) is 39.0 Å². The van der Waals surface area contributed by atoms with E-state index in [-0.39, 0.29) is 21.8 Å². The molecule has 33 heavy (non-hydrogen) atoms. The molecule has 1 fully saturated rings. The number of morpholine rings is 1. The molecule has 11 heteroatoms. The molecule has 1 aliphatic heterocycles. The molecule has 10 nitrogen and oxygen atoms in total. The molecule has 1 amide bonds. The Bertz CT molecular complexity index is 1140. The molecule has 178 valence electrons. The molecular formula is C22H28N4O6S. The summed E-state index contributed by atoms with van der Waals surface area (Å²) in [7, 11) is -3.78. The van der Waals surface area contributed by atoms with Gasteiger partial charge in [0.2, 0.25) is 10.0 Å². The number of anilines is 2. The van der Waals surface area contributed by atoms with Crippen LogP contribution < -0.4 is 10.2 Å². The van der Waals surface area contributed by atoms with E-state index in [0.29, 0.717) is 50.6 Å². The number of rotatable bonds is 8. The van der Waals surface area contributed by atoms with E-state index >= 15 is 0 Å². The molecule has 0 unspecified atom stereocenters. The molecular weight excluding hydrogens is 448 g/mol.